The van der Waals surface area contributed by atoms with Gasteiger partial charge in [0.15, 0.2) is 0 Å². The standard InChI is InChI=1S/C18H16FN3O2/c19-14-7-3-1-5-11(14)9-10-13-16-20-15-8-4-2-6-12(15)18(24)22(16)21-17(13)23/h1,3,5,7,9-10,20H,2,4,6,8H2,(H,21,23)/b10-9+. The van der Waals surface area contributed by atoms with E-state index in [9.17, 15) is 14.0 Å². The Balaban J connectivity index is 1.89. The molecule has 24 heavy (non-hydrogen) atoms. The Hall–Kier alpha value is -2.89. The average molecular weight is 325 g/mol. The maximum absolute atomic E-state index is 13.7. The molecule has 0 saturated carbocycles. The molecule has 0 atom stereocenters. The molecule has 6 heteroatoms. The van der Waals surface area contributed by atoms with Crippen molar-refractivity contribution in [2.75, 3.05) is 0 Å². The lowest BCUT2D eigenvalue weighted by Gasteiger charge is -2.14. The zero-order chi connectivity index (χ0) is 16.7. The average Bonchev–Trinajstić information content (AvgIpc) is 2.90. The molecule has 1 aliphatic rings. The summed E-state index contributed by atoms with van der Waals surface area (Å²) < 4.78 is 15.0. The molecule has 2 heterocycles. The summed E-state index contributed by atoms with van der Waals surface area (Å²) in [5.41, 5.74) is 2.22. The highest BCUT2D eigenvalue weighted by Crippen LogP contribution is 2.18. The number of fused-ring (bicyclic) bond motifs is 2. The lowest BCUT2D eigenvalue weighted by molar-refractivity contribution is 0.625. The van der Waals surface area contributed by atoms with Crippen LogP contribution in [0.1, 0.15) is 35.2 Å². The topological polar surface area (TPSA) is 70.1 Å². The third-order valence-electron chi connectivity index (χ3n) is 4.47. The molecule has 2 aromatic heterocycles. The Morgan fingerprint density at radius 3 is 2.71 bits per heavy atom. The van der Waals surface area contributed by atoms with Crippen LogP contribution < -0.4 is 11.1 Å². The summed E-state index contributed by atoms with van der Waals surface area (Å²) in [4.78, 5) is 28.0. The third-order valence-corrected chi connectivity index (χ3v) is 4.47. The Morgan fingerprint density at radius 2 is 1.88 bits per heavy atom. The highest BCUT2D eigenvalue weighted by molar-refractivity contribution is 5.76. The van der Waals surface area contributed by atoms with Crippen LogP contribution in [0.5, 0.6) is 0 Å². The molecular formula is C18H16FN3O2. The molecule has 0 bridgehead atoms. The summed E-state index contributed by atoms with van der Waals surface area (Å²) in [6.45, 7) is 0. The molecule has 1 aliphatic carbocycles. The fraction of sp³-hybridized carbons (Fsp3) is 0.222. The van der Waals surface area contributed by atoms with Gasteiger partial charge in [0.1, 0.15) is 11.5 Å². The molecule has 2 N–H and O–H groups in total. The van der Waals surface area contributed by atoms with Crippen LogP contribution in [0.15, 0.2) is 33.9 Å². The molecule has 0 fully saturated rings. The van der Waals surface area contributed by atoms with Crippen molar-refractivity contribution in [2.24, 2.45) is 0 Å². The first kappa shape index (κ1) is 14.7. The maximum Gasteiger partial charge on any atom is 0.276 e. The summed E-state index contributed by atoms with van der Waals surface area (Å²) in [7, 11) is 0. The van der Waals surface area contributed by atoms with Crippen molar-refractivity contribution in [3.05, 3.63) is 73.2 Å². The minimum absolute atomic E-state index is 0.180. The number of hydrogen-bond acceptors (Lipinski definition) is 2. The maximum atomic E-state index is 13.7. The van der Waals surface area contributed by atoms with E-state index in [-0.39, 0.29) is 16.9 Å². The monoisotopic (exact) mass is 325 g/mol. The molecule has 0 unspecified atom stereocenters. The molecular weight excluding hydrogens is 309 g/mol. The van der Waals surface area contributed by atoms with E-state index in [1.54, 1.807) is 18.2 Å². The first-order valence-electron chi connectivity index (χ1n) is 7.96. The summed E-state index contributed by atoms with van der Waals surface area (Å²) >= 11 is 0. The van der Waals surface area contributed by atoms with Crippen LogP contribution in [-0.4, -0.2) is 14.6 Å². The van der Waals surface area contributed by atoms with Gasteiger partial charge in [-0.15, -0.1) is 0 Å². The highest BCUT2D eigenvalue weighted by Gasteiger charge is 2.18. The number of nitrogens with one attached hydrogen (secondary N) is 2. The van der Waals surface area contributed by atoms with Gasteiger partial charge in [0.25, 0.3) is 11.1 Å². The second kappa shape index (κ2) is 5.63. The minimum atomic E-state index is -0.377. The van der Waals surface area contributed by atoms with Crippen LogP contribution in [-0.2, 0) is 12.8 Å². The predicted octanol–water partition coefficient (Wildman–Crippen LogP) is 2.50. The van der Waals surface area contributed by atoms with Gasteiger partial charge in [-0.1, -0.05) is 24.3 Å². The van der Waals surface area contributed by atoms with E-state index in [0.29, 0.717) is 16.8 Å². The summed E-state index contributed by atoms with van der Waals surface area (Å²) in [5.74, 6) is -0.362. The number of benzene rings is 1. The van der Waals surface area contributed by atoms with Crippen LogP contribution in [0.4, 0.5) is 4.39 Å². The van der Waals surface area contributed by atoms with E-state index in [1.807, 2.05) is 0 Å². The van der Waals surface area contributed by atoms with E-state index in [0.717, 1.165) is 36.9 Å². The second-order valence-electron chi connectivity index (χ2n) is 5.99. The lowest BCUT2D eigenvalue weighted by atomic mass is 9.97. The largest absolute Gasteiger partial charge is 0.343 e. The first-order valence-corrected chi connectivity index (χ1v) is 7.96. The number of rotatable bonds is 2. The molecule has 0 aliphatic heterocycles. The van der Waals surface area contributed by atoms with Crippen LogP contribution >= 0.6 is 0 Å². The van der Waals surface area contributed by atoms with Crippen LogP contribution in [0, 0.1) is 5.82 Å². The molecule has 122 valence electrons. The highest BCUT2D eigenvalue weighted by atomic mass is 19.1. The number of H-pyrrole nitrogens is 2. The van der Waals surface area contributed by atoms with Gasteiger partial charge in [0.05, 0.1) is 5.56 Å². The van der Waals surface area contributed by atoms with Crippen molar-refractivity contribution in [1.29, 1.82) is 0 Å². The van der Waals surface area contributed by atoms with Crippen molar-refractivity contribution in [3.8, 4) is 0 Å². The van der Waals surface area contributed by atoms with Gasteiger partial charge >= 0.3 is 0 Å². The van der Waals surface area contributed by atoms with Crippen molar-refractivity contribution in [2.45, 2.75) is 25.7 Å². The van der Waals surface area contributed by atoms with Gasteiger partial charge < -0.3 is 4.98 Å². The number of halogens is 1. The van der Waals surface area contributed by atoms with Crippen molar-refractivity contribution < 1.29 is 4.39 Å². The zero-order valence-electron chi connectivity index (χ0n) is 12.9. The smallest absolute Gasteiger partial charge is 0.276 e. The van der Waals surface area contributed by atoms with Gasteiger partial charge in [0, 0.05) is 16.8 Å². The van der Waals surface area contributed by atoms with Crippen molar-refractivity contribution in [3.63, 3.8) is 0 Å². The van der Waals surface area contributed by atoms with Crippen molar-refractivity contribution in [1.82, 2.24) is 14.6 Å². The van der Waals surface area contributed by atoms with E-state index in [1.165, 1.54) is 22.7 Å². The van der Waals surface area contributed by atoms with E-state index in [4.69, 9.17) is 0 Å². The number of hydrogen-bond donors (Lipinski definition) is 2. The van der Waals surface area contributed by atoms with Crippen LogP contribution in [0.25, 0.3) is 17.8 Å². The third kappa shape index (κ3) is 2.31. The second-order valence-corrected chi connectivity index (χ2v) is 5.99. The molecule has 5 nitrogen and oxygen atoms in total. The van der Waals surface area contributed by atoms with Gasteiger partial charge in [-0.2, -0.15) is 4.52 Å². The summed E-state index contributed by atoms with van der Waals surface area (Å²) in [6, 6.07) is 6.32. The quantitative estimate of drug-likeness (QED) is 0.760. The normalized spacial score (nSPS) is 14.4. The number of nitrogens with zero attached hydrogens (tertiary/aromatic N) is 1. The number of aromatic nitrogens is 3. The van der Waals surface area contributed by atoms with Gasteiger partial charge in [-0.25, -0.2) is 4.39 Å². The number of aryl methyl sites for hydroxylation is 1. The Labute approximate surface area is 136 Å². The molecule has 0 spiro atoms. The number of aromatic amines is 2. The van der Waals surface area contributed by atoms with Crippen molar-refractivity contribution >= 4 is 17.8 Å². The molecule has 0 saturated heterocycles. The molecule has 0 radical (unpaired) electrons. The predicted molar refractivity (Wildman–Crippen MR) is 90.6 cm³/mol. The van der Waals surface area contributed by atoms with Crippen LogP contribution in [0.3, 0.4) is 0 Å². The first-order chi connectivity index (χ1) is 11.6. The van der Waals surface area contributed by atoms with Gasteiger partial charge in [-0.3, -0.25) is 14.7 Å². The van der Waals surface area contributed by atoms with E-state index < -0.39 is 0 Å². The summed E-state index contributed by atoms with van der Waals surface area (Å²) in [6.07, 6.45) is 6.61. The van der Waals surface area contributed by atoms with E-state index >= 15 is 0 Å². The fourth-order valence-corrected chi connectivity index (χ4v) is 3.22. The van der Waals surface area contributed by atoms with Crippen LogP contribution in [0.2, 0.25) is 0 Å². The van der Waals surface area contributed by atoms with Gasteiger partial charge in [0.2, 0.25) is 0 Å². The molecule has 3 aromatic rings. The molecule has 1 aromatic carbocycles. The Bertz CT molecular complexity index is 1070. The Morgan fingerprint density at radius 1 is 1.08 bits per heavy atom. The lowest BCUT2D eigenvalue weighted by Crippen LogP contribution is -2.25. The fourth-order valence-electron chi connectivity index (χ4n) is 3.22. The molecule has 0 amide bonds. The SMILES string of the molecule is O=c1[nH]n2c(=O)c3c([nH]c2c1/C=C/c1ccccc1F)CCCC3. The Kier molecular flexibility index (Phi) is 3.45. The zero-order valence-corrected chi connectivity index (χ0v) is 12.9. The minimum Gasteiger partial charge on any atom is -0.343 e. The van der Waals surface area contributed by atoms with Gasteiger partial charge in [-0.05, 0) is 37.8 Å². The molecule has 4 rings (SSSR count). The van der Waals surface area contributed by atoms with E-state index in [2.05, 4.69) is 10.1 Å². The summed E-state index contributed by atoms with van der Waals surface area (Å²) in [5, 5.41) is 2.57.